The fourth-order valence-electron chi connectivity index (χ4n) is 3.74. The highest BCUT2D eigenvalue weighted by Gasteiger charge is 2.36. The van der Waals surface area contributed by atoms with Gasteiger partial charge in [-0.1, -0.05) is 36.3 Å². The molecule has 0 saturated heterocycles. The zero-order chi connectivity index (χ0) is 19.7. The van der Waals surface area contributed by atoms with Gasteiger partial charge in [-0.15, -0.1) is 0 Å². The Morgan fingerprint density at radius 1 is 1.35 bits per heavy atom. The highest BCUT2D eigenvalue weighted by molar-refractivity contribution is 5.74. The van der Waals surface area contributed by atoms with Crippen molar-refractivity contribution >= 4 is 12.3 Å². The molecule has 0 unspecified atom stereocenters. The van der Waals surface area contributed by atoms with Gasteiger partial charge in [0, 0.05) is 12.8 Å². The van der Waals surface area contributed by atoms with E-state index in [2.05, 4.69) is 26.8 Å². The fourth-order valence-corrected chi connectivity index (χ4v) is 3.74. The first kappa shape index (κ1) is 22.4. The quantitative estimate of drug-likeness (QED) is 0.414. The SMILES string of the molecule is CC(=O)OC[C@@H]1/C(C=O)=C\C/C=C(\C)C[C@@H](O)[C@H]1[C@H](C)CCC=C(C)C. The normalized spacial score (nSPS) is 28.9. The Hall–Kier alpha value is -1.68. The second-order valence-electron chi connectivity index (χ2n) is 7.70. The molecule has 0 bridgehead atoms. The van der Waals surface area contributed by atoms with E-state index in [1.165, 1.54) is 12.5 Å². The molecule has 0 fully saturated rings. The number of aliphatic hydroxyl groups is 1. The average molecular weight is 363 g/mol. The maximum atomic E-state index is 11.7. The van der Waals surface area contributed by atoms with Crippen molar-refractivity contribution in [2.45, 2.75) is 66.4 Å². The third-order valence-corrected chi connectivity index (χ3v) is 5.12. The highest BCUT2D eigenvalue weighted by atomic mass is 16.5. The van der Waals surface area contributed by atoms with Crippen LogP contribution in [-0.2, 0) is 14.3 Å². The number of aliphatic hydroxyl groups excluding tert-OH is 1. The summed E-state index contributed by atoms with van der Waals surface area (Å²) in [5.74, 6) is -0.601. The fraction of sp³-hybridized carbons (Fsp3) is 0.636. The smallest absolute Gasteiger partial charge is 0.302 e. The first-order valence-electron chi connectivity index (χ1n) is 9.51. The number of aldehydes is 1. The zero-order valence-corrected chi connectivity index (χ0v) is 16.8. The van der Waals surface area contributed by atoms with Gasteiger partial charge in [0.1, 0.15) is 6.29 Å². The van der Waals surface area contributed by atoms with Crippen molar-refractivity contribution < 1.29 is 19.4 Å². The summed E-state index contributed by atoms with van der Waals surface area (Å²) >= 11 is 0. The van der Waals surface area contributed by atoms with Gasteiger partial charge in [0.05, 0.1) is 12.7 Å². The van der Waals surface area contributed by atoms with E-state index in [4.69, 9.17) is 4.74 Å². The van der Waals surface area contributed by atoms with E-state index in [0.29, 0.717) is 18.4 Å². The Morgan fingerprint density at radius 3 is 2.62 bits per heavy atom. The number of hydrogen-bond donors (Lipinski definition) is 1. The van der Waals surface area contributed by atoms with Crippen LogP contribution in [0.25, 0.3) is 0 Å². The molecule has 0 aromatic carbocycles. The number of carbonyl (C=O) groups excluding carboxylic acids is 2. The lowest BCUT2D eigenvalue weighted by Crippen LogP contribution is -2.37. The van der Waals surface area contributed by atoms with Crippen LogP contribution in [0.2, 0.25) is 0 Å². The van der Waals surface area contributed by atoms with Crippen LogP contribution < -0.4 is 0 Å². The van der Waals surface area contributed by atoms with Crippen LogP contribution in [0.4, 0.5) is 0 Å². The zero-order valence-electron chi connectivity index (χ0n) is 16.8. The second kappa shape index (κ2) is 11.1. The number of ether oxygens (including phenoxy) is 1. The number of allylic oxidation sites excluding steroid dienone is 4. The van der Waals surface area contributed by atoms with Crippen molar-refractivity contribution in [1.82, 2.24) is 0 Å². The Balaban J connectivity index is 3.16. The summed E-state index contributed by atoms with van der Waals surface area (Å²) in [4.78, 5) is 23.1. The molecule has 0 aromatic heterocycles. The molecular formula is C22H34O4. The molecule has 4 heteroatoms. The molecule has 4 atom stereocenters. The van der Waals surface area contributed by atoms with Crippen LogP contribution in [0.1, 0.15) is 60.3 Å². The molecule has 0 heterocycles. The van der Waals surface area contributed by atoms with Crippen molar-refractivity contribution in [2.24, 2.45) is 17.8 Å². The van der Waals surface area contributed by atoms with Gasteiger partial charge in [-0.25, -0.2) is 0 Å². The summed E-state index contributed by atoms with van der Waals surface area (Å²) in [6.45, 7) is 9.78. The van der Waals surface area contributed by atoms with Gasteiger partial charge in [-0.05, 0) is 63.9 Å². The minimum atomic E-state index is -0.574. The molecule has 0 aromatic rings. The monoisotopic (exact) mass is 362 g/mol. The largest absolute Gasteiger partial charge is 0.465 e. The predicted molar refractivity (Wildman–Crippen MR) is 105 cm³/mol. The second-order valence-corrected chi connectivity index (χ2v) is 7.70. The van der Waals surface area contributed by atoms with Crippen LogP contribution >= 0.6 is 0 Å². The molecule has 0 amide bonds. The molecule has 0 spiro atoms. The third kappa shape index (κ3) is 7.28. The van der Waals surface area contributed by atoms with Gasteiger partial charge in [0.15, 0.2) is 0 Å². The summed E-state index contributed by atoms with van der Waals surface area (Å²) in [7, 11) is 0. The molecule has 1 rings (SSSR count). The molecule has 1 N–H and O–H groups in total. The molecule has 26 heavy (non-hydrogen) atoms. The lowest BCUT2D eigenvalue weighted by Gasteiger charge is -2.35. The molecule has 0 aliphatic heterocycles. The maximum Gasteiger partial charge on any atom is 0.302 e. The number of hydrogen-bond acceptors (Lipinski definition) is 4. The van der Waals surface area contributed by atoms with Gasteiger partial charge in [0.2, 0.25) is 0 Å². The Labute approximate surface area is 158 Å². The van der Waals surface area contributed by atoms with Crippen LogP contribution in [0.15, 0.2) is 34.9 Å². The van der Waals surface area contributed by atoms with E-state index in [0.717, 1.165) is 24.7 Å². The summed E-state index contributed by atoms with van der Waals surface area (Å²) in [6, 6.07) is 0. The number of esters is 1. The first-order chi connectivity index (χ1) is 12.3. The summed E-state index contributed by atoms with van der Waals surface area (Å²) < 4.78 is 5.27. The van der Waals surface area contributed by atoms with Crippen LogP contribution in [0.5, 0.6) is 0 Å². The average Bonchev–Trinajstić information content (AvgIpc) is 2.59. The van der Waals surface area contributed by atoms with Crippen molar-refractivity contribution in [1.29, 1.82) is 0 Å². The van der Waals surface area contributed by atoms with E-state index in [-0.39, 0.29) is 30.3 Å². The molecule has 1 aliphatic carbocycles. The topological polar surface area (TPSA) is 63.6 Å². The Morgan fingerprint density at radius 2 is 2.04 bits per heavy atom. The van der Waals surface area contributed by atoms with Crippen molar-refractivity contribution in [3.05, 3.63) is 34.9 Å². The van der Waals surface area contributed by atoms with Crippen molar-refractivity contribution in [3.8, 4) is 0 Å². The van der Waals surface area contributed by atoms with Crippen LogP contribution in [0.3, 0.4) is 0 Å². The summed E-state index contributed by atoms with van der Waals surface area (Å²) in [5.41, 5.74) is 3.01. The van der Waals surface area contributed by atoms with Crippen LogP contribution in [-0.4, -0.2) is 30.1 Å². The van der Waals surface area contributed by atoms with E-state index in [9.17, 15) is 14.7 Å². The van der Waals surface area contributed by atoms with Crippen molar-refractivity contribution in [2.75, 3.05) is 6.61 Å². The highest BCUT2D eigenvalue weighted by Crippen LogP contribution is 2.36. The van der Waals surface area contributed by atoms with E-state index in [1.54, 1.807) is 0 Å². The number of rotatable bonds is 7. The van der Waals surface area contributed by atoms with E-state index in [1.807, 2.05) is 19.1 Å². The van der Waals surface area contributed by atoms with E-state index >= 15 is 0 Å². The van der Waals surface area contributed by atoms with Gasteiger partial charge in [0.25, 0.3) is 0 Å². The standard InChI is InChI=1S/C22H34O4/c1-15(2)8-6-10-17(4)22-20(14-26-18(5)24)19(13-23)11-7-9-16(3)12-21(22)25/h8-9,11,13,17,20-22,25H,6-7,10,12,14H2,1-5H3/b16-9+,19-11-/t17-,20-,21-,22+/m1/s1. The molecule has 1 aliphatic rings. The van der Waals surface area contributed by atoms with Gasteiger partial charge >= 0.3 is 5.97 Å². The summed E-state index contributed by atoms with van der Waals surface area (Å²) in [6.07, 6.45) is 9.50. The molecular weight excluding hydrogens is 328 g/mol. The molecule has 4 nitrogen and oxygen atoms in total. The molecule has 0 saturated carbocycles. The molecule has 146 valence electrons. The van der Waals surface area contributed by atoms with Crippen molar-refractivity contribution in [3.63, 3.8) is 0 Å². The maximum absolute atomic E-state index is 11.7. The Bertz CT molecular complexity index is 567. The minimum Gasteiger partial charge on any atom is -0.465 e. The van der Waals surface area contributed by atoms with Crippen LogP contribution in [0, 0.1) is 17.8 Å². The third-order valence-electron chi connectivity index (χ3n) is 5.12. The predicted octanol–water partition coefficient (Wildman–Crippen LogP) is 4.39. The van der Waals surface area contributed by atoms with Gasteiger partial charge in [-0.2, -0.15) is 0 Å². The lowest BCUT2D eigenvalue weighted by atomic mass is 9.73. The summed E-state index contributed by atoms with van der Waals surface area (Å²) in [5, 5.41) is 11.0. The first-order valence-corrected chi connectivity index (χ1v) is 9.51. The van der Waals surface area contributed by atoms with E-state index < -0.39 is 6.10 Å². The molecule has 0 radical (unpaired) electrons. The number of carbonyl (C=O) groups is 2. The minimum absolute atomic E-state index is 0.133. The van der Waals surface area contributed by atoms with Gasteiger partial charge < -0.3 is 9.84 Å². The lowest BCUT2D eigenvalue weighted by molar-refractivity contribution is -0.143. The Kier molecular flexibility index (Phi) is 9.57. The van der Waals surface area contributed by atoms with Gasteiger partial charge in [-0.3, -0.25) is 9.59 Å².